The summed E-state index contributed by atoms with van der Waals surface area (Å²) in [5, 5.41) is 0. The summed E-state index contributed by atoms with van der Waals surface area (Å²) in [7, 11) is 0. The number of hydrogen-bond donors (Lipinski definition) is 0. The third-order valence-corrected chi connectivity index (χ3v) is 0.271. The fraction of sp³-hybridized carbons (Fsp3) is 0. The highest BCUT2D eigenvalue weighted by atomic mass is 16.1. The van der Waals surface area contributed by atoms with Gasteiger partial charge in [0.15, 0.2) is 0 Å². The molecule has 0 radical (unpaired) electrons. The molecule has 0 atom stereocenters. The van der Waals surface area contributed by atoms with Gasteiger partial charge < -0.3 is 0 Å². The smallest absolute Gasteiger partial charge is 0.143 e. The Morgan fingerprint density at radius 3 is 2.50 bits per heavy atom. The van der Waals surface area contributed by atoms with Crippen LogP contribution in [0.4, 0.5) is 0 Å². The van der Waals surface area contributed by atoms with Gasteiger partial charge in [-0.2, -0.15) is 0 Å². The van der Waals surface area contributed by atoms with E-state index in [2.05, 4.69) is 5.92 Å². The molecule has 0 N–H and O–H groups in total. The van der Waals surface area contributed by atoms with Crippen LogP contribution < -0.4 is 0 Å². The second-order valence-electron chi connectivity index (χ2n) is 0.662. The summed E-state index contributed by atoms with van der Waals surface area (Å²) in [6.45, 7) is 0. The molecule has 0 spiro atoms. The lowest BCUT2D eigenvalue weighted by atomic mass is 10.5. The molecule has 0 saturated heterocycles. The van der Waals surface area contributed by atoms with Crippen molar-refractivity contribution >= 4 is 6.29 Å². The minimum atomic E-state index is 0.639. The Hall–Kier alpha value is -1.03. The highest BCUT2D eigenvalue weighted by Gasteiger charge is 1.52. The first kappa shape index (κ1) is 4.97. The second kappa shape index (κ2) is 3.97. The monoisotopic (exact) mass is 80.0 g/mol. The molecule has 0 amide bonds. The van der Waals surface area contributed by atoms with Crippen molar-refractivity contribution < 1.29 is 4.79 Å². The average Bonchev–Trinajstić information content (AvgIpc) is 1.61. The van der Waals surface area contributed by atoms with E-state index in [1.165, 1.54) is 12.2 Å². The molecule has 1 nitrogen and oxygen atoms in total. The average molecular weight is 80.1 g/mol. The van der Waals surface area contributed by atoms with E-state index in [9.17, 15) is 4.79 Å². The summed E-state index contributed by atoms with van der Waals surface area (Å²) in [6, 6.07) is 0. The number of terminal acetylenes is 1. The molecule has 1 heteroatoms. The van der Waals surface area contributed by atoms with Crippen LogP contribution in [0.15, 0.2) is 12.2 Å². The fourth-order valence-electron chi connectivity index (χ4n) is 0.0948. The quantitative estimate of drug-likeness (QED) is 0.253. The second-order valence-corrected chi connectivity index (χ2v) is 0.662. The van der Waals surface area contributed by atoms with Crippen LogP contribution >= 0.6 is 0 Å². The van der Waals surface area contributed by atoms with E-state index in [4.69, 9.17) is 6.42 Å². The Bertz CT molecular complexity index is 95.0. The van der Waals surface area contributed by atoms with E-state index in [1.807, 2.05) is 0 Å². The van der Waals surface area contributed by atoms with Gasteiger partial charge in [0, 0.05) is 0 Å². The summed E-state index contributed by atoms with van der Waals surface area (Å²) in [4.78, 5) is 9.38. The molecule has 0 fully saturated rings. The molecular formula is C5H4O. The lowest BCUT2D eigenvalue weighted by molar-refractivity contribution is -0.104. The maximum Gasteiger partial charge on any atom is 0.143 e. The molecule has 6 heavy (non-hydrogen) atoms. The van der Waals surface area contributed by atoms with Gasteiger partial charge in [0.25, 0.3) is 0 Å². The maximum absolute atomic E-state index is 9.38. The number of carbonyl (C=O) groups is 1. The third-order valence-electron chi connectivity index (χ3n) is 0.271. The molecule has 0 aliphatic rings. The third kappa shape index (κ3) is 2.97. The van der Waals surface area contributed by atoms with Crippen LogP contribution in [0.5, 0.6) is 0 Å². The molecule has 0 aliphatic heterocycles. The number of aldehydes is 1. The molecule has 0 aliphatic carbocycles. The van der Waals surface area contributed by atoms with Crippen LogP contribution in [-0.4, -0.2) is 6.29 Å². The largest absolute Gasteiger partial charge is 0.299 e. The molecule has 0 heterocycles. The Morgan fingerprint density at radius 2 is 2.33 bits per heavy atom. The predicted molar refractivity (Wildman–Crippen MR) is 24.0 cm³/mol. The van der Waals surface area contributed by atoms with E-state index in [0.717, 1.165) is 0 Å². The van der Waals surface area contributed by atoms with E-state index in [1.54, 1.807) is 0 Å². The molecule has 0 aromatic heterocycles. The van der Waals surface area contributed by atoms with Crippen LogP contribution in [0.3, 0.4) is 0 Å². The highest BCUT2D eigenvalue weighted by molar-refractivity contribution is 5.65. The minimum absolute atomic E-state index is 0.639. The minimum Gasteiger partial charge on any atom is -0.299 e. The Morgan fingerprint density at radius 1 is 1.67 bits per heavy atom. The van der Waals surface area contributed by atoms with E-state index in [0.29, 0.717) is 6.29 Å². The van der Waals surface area contributed by atoms with Gasteiger partial charge in [-0.3, -0.25) is 4.79 Å². The summed E-state index contributed by atoms with van der Waals surface area (Å²) in [6.07, 6.45) is 7.96. The van der Waals surface area contributed by atoms with Gasteiger partial charge in [-0.15, -0.1) is 6.42 Å². The number of carbonyl (C=O) groups excluding carboxylic acids is 1. The van der Waals surface area contributed by atoms with E-state index in [-0.39, 0.29) is 0 Å². The van der Waals surface area contributed by atoms with Crippen LogP contribution in [0.2, 0.25) is 0 Å². The van der Waals surface area contributed by atoms with Crippen LogP contribution in [0.1, 0.15) is 0 Å². The first-order valence-corrected chi connectivity index (χ1v) is 1.48. The maximum atomic E-state index is 9.38. The zero-order valence-corrected chi connectivity index (χ0v) is 3.22. The Kier molecular flexibility index (Phi) is 3.29. The molecule has 0 bridgehead atoms. The van der Waals surface area contributed by atoms with Gasteiger partial charge in [-0.1, -0.05) is 5.92 Å². The normalized spacial score (nSPS) is 7.83. The topological polar surface area (TPSA) is 17.1 Å². The summed E-state index contributed by atoms with van der Waals surface area (Å²) in [5.41, 5.74) is 0. The molecule has 0 aromatic rings. The fourth-order valence-corrected chi connectivity index (χ4v) is 0.0948. The summed E-state index contributed by atoms with van der Waals surface area (Å²) in [5.74, 6) is 2.16. The van der Waals surface area contributed by atoms with Gasteiger partial charge >= 0.3 is 0 Å². The summed E-state index contributed by atoms with van der Waals surface area (Å²) >= 11 is 0. The van der Waals surface area contributed by atoms with Crippen molar-refractivity contribution in [2.24, 2.45) is 0 Å². The summed E-state index contributed by atoms with van der Waals surface area (Å²) < 4.78 is 0. The molecule has 0 rings (SSSR count). The van der Waals surface area contributed by atoms with Gasteiger partial charge in [0.05, 0.1) is 0 Å². The predicted octanol–water partition coefficient (Wildman–Crippen LogP) is 0.375. The van der Waals surface area contributed by atoms with Gasteiger partial charge in [0.2, 0.25) is 0 Å². The first-order valence-electron chi connectivity index (χ1n) is 1.48. The molecule has 0 aromatic carbocycles. The molecule has 30 valence electrons. The van der Waals surface area contributed by atoms with Crippen molar-refractivity contribution in [2.45, 2.75) is 0 Å². The SMILES string of the molecule is C#C/C=C/C=O. The van der Waals surface area contributed by atoms with Crippen LogP contribution in [0.25, 0.3) is 0 Å². The molecule has 0 unspecified atom stereocenters. The highest BCUT2D eigenvalue weighted by Crippen LogP contribution is 1.56. The Balaban J connectivity index is 3.26. The Labute approximate surface area is 36.7 Å². The van der Waals surface area contributed by atoms with E-state index >= 15 is 0 Å². The molecule has 0 saturated carbocycles. The van der Waals surface area contributed by atoms with Crippen molar-refractivity contribution in [2.75, 3.05) is 0 Å². The first-order chi connectivity index (χ1) is 2.91. The van der Waals surface area contributed by atoms with Crippen LogP contribution in [0, 0.1) is 12.3 Å². The number of allylic oxidation sites excluding steroid dienone is 2. The number of hydrogen-bond acceptors (Lipinski definition) is 1. The van der Waals surface area contributed by atoms with Crippen molar-refractivity contribution in [3.05, 3.63) is 12.2 Å². The van der Waals surface area contributed by atoms with Crippen molar-refractivity contribution in [3.63, 3.8) is 0 Å². The van der Waals surface area contributed by atoms with Crippen molar-refractivity contribution in [1.82, 2.24) is 0 Å². The molecular weight excluding hydrogens is 76.1 g/mol. The van der Waals surface area contributed by atoms with Gasteiger partial charge in [-0.25, -0.2) is 0 Å². The zero-order valence-electron chi connectivity index (χ0n) is 3.22. The van der Waals surface area contributed by atoms with Crippen LogP contribution in [-0.2, 0) is 4.79 Å². The standard InChI is InChI=1S/C5H4O/c1-2-3-4-5-6/h1,3-5H/b4-3+. The number of rotatable bonds is 1. The van der Waals surface area contributed by atoms with Gasteiger partial charge in [0.1, 0.15) is 6.29 Å². The lowest BCUT2D eigenvalue weighted by Crippen LogP contribution is -1.52. The van der Waals surface area contributed by atoms with Crippen molar-refractivity contribution in [3.8, 4) is 12.3 Å². The van der Waals surface area contributed by atoms with E-state index < -0.39 is 0 Å². The van der Waals surface area contributed by atoms with Gasteiger partial charge in [-0.05, 0) is 12.2 Å². The van der Waals surface area contributed by atoms with Crippen molar-refractivity contribution in [1.29, 1.82) is 0 Å². The zero-order chi connectivity index (χ0) is 4.83. The lowest BCUT2D eigenvalue weighted by Gasteiger charge is -1.53.